The predicted octanol–water partition coefficient (Wildman–Crippen LogP) is -1.97. The van der Waals surface area contributed by atoms with E-state index in [1.54, 1.807) is 4.90 Å². The number of aliphatic carboxylic acids is 1. The van der Waals surface area contributed by atoms with Crippen molar-refractivity contribution < 1.29 is 39.5 Å². The normalized spacial score (nSPS) is 10.1. The molecule has 0 spiro atoms. The second-order valence-corrected chi connectivity index (χ2v) is 3.88. The average Bonchev–Trinajstić information content (AvgIpc) is 2.10. The van der Waals surface area contributed by atoms with Gasteiger partial charge in [-0.3, -0.25) is 0 Å². The van der Waals surface area contributed by atoms with Crippen LogP contribution in [0, 0.1) is 0 Å². The van der Waals surface area contributed by atoms with Gasteiger partial charge in [-0.25, -0.2) is 0 Å². The number of carbonyl (C=O) groups excluding carboxylic acids is 1. The Kier molecular flexibility index (Phi) is 14.8. The fourth-order valence-corrected chi connectivity index (χ4v) is 1.46. The van der Waals surface area contributed by atoms with Gasteiger partial charge in [0.05, 0.1) is 5.97 Å². The molecule has 4 heteroatoms. The zero-order valence-electron chi connectivity index (χ0n) is 10.4. The van der Waals surface area contributed by atoms with E-state index in [4.69, 9.17) is 0 Å². The van der Waals surface area contributed by atoms with E-state index in [1.165, 1.54) is 32.1 Å². The van der Waals surface area contributed by atoms with Crippen LogP contribution in [0.1, 0.15) is 45.4 Å². The largest absolute Gasteiger partial charge is 1.00 e. The first-order valence-corrected chi connectivity index (χ1v) is 5.55. The predicted molar refractivity (Wildman–Crippen MR) is 55.9 cm³/mol. The molecule has 0 bridgehead atoms. The van der Waals surface area contributed by atoms with Crippen LogP contribution < -0.4 is 34.7 Å². The van der Waals surface area contributed by atoms with Crippen molar-refractivity contribution in [2.75, 3.05) is 20.1 Å². The van der Waals surface area contributed by atoms with E-state index < -0.39 is 5.97 Å². The van der Waals surface area contributed by atoms with Crippen LogP contribution in [-0.2, 0) is 4.79 Å². The van der Waals surface area contributed by atoms with E-state index in [0.717, 1.165) is 13.0 Å². The average molecular weight is 223 g/mol. The number of hydrogen-bond acceptors (Lipinski definition) is 3. The van der Waals surface area contributed by atoms with Crippen LogP contribution in [0.4, 0.5) is 0 Å². The summed E-state index contributed by atoms with van der Waals surface area (Å²) in [6, 6.07) is 0. The fraction of sp³-hybridized carbons (Fsp3) is 0.909. The first-order valence-electron chi connectivity index (χ1n) is 5.55. The van der Waals surface area contributed by atoms with E-state index in [-0.39, 0.29) is 36.1 Å². The molecule has 0 saturated heterocycles. The molecule has 0 amide bonds. The number of rotatable bonds is 9. The van der Waals surface area contributed by atoms with Gasteiger partial charge < -0.3 is 14.8 Å². The van der Waals surface area contributed by atoms with Crippen LogP contribution in [0.3, 0.4) is 0 Å². The van der Waals surface area contributed by atoms with Crippen molar-refractivity contribution in [3.8, 4) is 0 Å². The first-order chi connectivity index (χ1) is 6.66. The Bertz CT molecular complexity index is 154. The summed E-state index contributed by atoms with van der Waals surface area (Å²) in [6.07, 6.45) is 7.46. The van der Waals surface area contributed by atoms with Crippen LogP contribution >= 0.6 is 0 Å². The van der Waals surface area contributed by atoms with Gasteiger partial charge in [-0.05, 0) is 20.0 Å². The van der Waals surface area contributed by atoms with Crippen molar-refractivity contribution >= 4 is 5.97 Å². The quantitative estimate of drug-likeness (QED) is 0.336. The first kappa shape index (κ1) is 17.8. The van der Waals surface area contributed by atoms with Gasteiger partial charge in [0.15, 0.2) is 0 Å². The molecule has 3 nitrogen and oxygen atoms in total. The van der Waals surface area contributed by atoms with Crippen molar-refractivity contribution in [2.45, 2.75) is 45.4 Å². The van der Waals surface area contributed by atoms with Crippen LogP contribution in [0.5, 0.6) is 0 Å². The summed E-state index contributed by atoms with van der Waals surface area (Å²) in [6.45, 7) is 3.11. The summed E-state index contributed by atoms with van der Waals surface area (Å²) in [7, 11) is 1.82. The molecule has 0 unspecified atom stereocenters. The Labute approximate surface area is 116 Å². The molecule has 0 aliphatic heterocycles. The van der Waals surface area contributed by atoms with Gasteiger partial charge >= 0.3 is 29.6 Å². The summed E-state index contributed by atoms with van der Waals surface area (Å²) in [5, 5.41) is 10.2. The third kappa shape index (κ3) is 14.4. The smallest absolute Gasteiger partial charge is 0.549 e. The van der Waals surface area contributed by atoms with Crippen molar-refractivity contribution in [1.29, 1.82) is 0 Å². The SMILES string of the molecule is CCCCCCCCN(C)CC(=O)[O-].[Na+]. The minimum absolute atomic E-state index is 0. The van der Waals surface area contributed by atoms with E-state index >= 15 is 0 Å². The van der Waals surface area contributed by atoms with Gasteiger partial charge in [0, 0.05) is 6.54 Å². The van der Waals surface area contributed by atoms with Gasteiger partial charge in [0.2, 0.25) is 0 Å². The fourth-order valence-electron chi connectivity index (χ4n) is 1.46. The Morgan fingerprint density at radius 2 is 1.67 bits per heavy atom. The summed E-state index contributed by atoms with van der Waals surface area (Å²) in [4.78, 5) is 12.0. The molecular formula is C11H22NNaO2. The number of carboxylic acid groups (broad SMARTS) is 1. The molecule has 15 heavy (non-hydrogen) atoms. The number of likely N-dealkylation sites (N-methyl/N-ethyl adjacent to an activating group) is 1. The van der Waals surface area contributed by atoms with Gasteiger partial charge in [0.25, 0.3) is 0 Å². The molecule has 0 saturated carbocycles. The van der Waals surface area contributed by atoms with E-state index in [2.05, 4.69) is 6.92 Å². The molecule has 0 radical (unpaired) electrons. The third-order valence-electron chi connectivity index (χ3n) is 2.29. The molecular weight excluding hydrogens is 201 g/mol. The van der Waals surface area contributed by atoms with Gasteiger partial charge in [-0.15, -0.1) is 0 Å². The van der Waals surface area contributed by atoms with Gasteiger partial charge in [0.1, 0.15) is 0 Å². The topological polar surface area (TPSA) is 43.4 Å². The molecule has 0 aromatic heterocycles. The Morgan fingerprint density at radius 3 is 2.20 bits per heavy atom. The molecule has 0 rings (SSSR count). The molecule has 0 aromatic carbocycles. The monoisotopic (exact) mass is 223 g/mol. The van der Waals surface area contributed by atoms with Crippen LogP contribution in [-0.4, -0.2) is 31.0 Å². The van der Waals surface area contributed by atoms with Crippen molar-refractivity contribution in [3.63, 3.8) is 0 Å². The molecule has 0 N–H and O–H groups in total. The van der Waals surface area contributed by atoms with Gasteiger partial charge in [-0.2, -0.15) is 0 Å². The molecule has 84 valence electrons. The summed E-state index contributed by atoms with van der Waals surface area (Å²) < 4.78 is 0. The molecule has 0 aliphatic rings. The third-order valence-corrected chi connectivity index (χ3v) is 2.29. The Morgan fingerprint density at radius 1 is 1.13 bits per heavy atom. The van der Waals surface area contributed by atoms with E-state index in [0.29, 0.717) is 0 Å². The van der Waals surface area contributed by atoms with Crippen molar-refractivity contribution in [3.05, 3.63) is 0 Å². The maximum Gasteiger partial charge on any atom is 1.00 e. The van der Waals surface area contributed by atoms with Gasteiger partial charge in [-0.1, -0.05) is 39.0 Å². The van der Waals surface area contributed by atoms with Crippen LogP contribution in [0.2, 0.25) is 0 Å². The van der Waals surface area contributed by atoms with Crippen LogP contribution in [0.15, 0.2) is 0 Å². The minimum atomic E-state index is -0.988. The molecule has 0 aromatic rings. The molecule has 0 aliphatic carbocycles. The number of nitrogens with zero attached hydrogens (tertiary/aromatic N) is 1. The zero-order chi connectivity index (χ0) is 10.8. The number of hydrogen-bond donors (Lipinski definition) is 0. The summed E-state index contributed by atoms with van der Waals surface area (Å²) >= 11 is 0. The second-order valence-electron chi connectivity index (χ2n) is 3.88. The van der Waals surface area contributed by atoms with Crippen molar-refractivity contribution in [2.24, 2.45) is 0 Å². The molecule has 0 heterocycles. The van der Waals surface area contributed by atoms with E-state index in [1.807, 2.05) is 7.05 Å². The number of unbranched alkanes of at least 4 members (excludes halogenated alkanes) is 5. The minimum Gasteiger partial charge on any atom is -0.549 e. The molecule has 0 atom stereocenters. The number of carbonyl (C=O) groups is 1. The Balaban J connectivity index is 0. The zero-order valence-corrected chi connectivity index (χ0v) is 12.4. The van der Waals surface area contributed by atoms with Crippen LogP contribution in [0.25, 0.3) is 0 Å². The summed E-state index contributed by atoms with van der Waals surface area (Å²) in [5.74, 6) is -0.988. The maximum atomic E-state index is 10.2. The number of carboxylic acids is 1. The second kappa shape index (κ2) is 12.5. The van der Waals surface area contributed by atoms with Crippen molar-refractivity contribution in [1.82, 2.24) is 4.90 Å². The molecule has 0 fully saturated rings. The Hall–Kier alpha value is 0.430. The summed E-state index contributed by atoms with van der Waals surface area (Å²) in [5.41, 5.74) is 0. The maximum absolute atomic E-state index is 10.2. The van der Waals surface area contributed by atoms with E-state index in [9.17, 15) is 9.90 Å². The standard InChI is InChI=1S/C11H23NO2.Na/c1-3-4-5-6-7-8-9-12(2)10-11(13)14;/h3-10H2,1-2H3,(H,13,14);/q;+1/p-1.